The maximum atomic E-state index is 11.7. The number of nitrogens with one attached hydrogen (secondary N) is 2. The maximum absolute atomic E-state index is 11.7. The zero-order valence-corrected chi connectivity index (χ0v) is 16.7. The first-order valence-corrected chi connectivity index (χ1v) is 10.3. The fraction of sp³-hybridized carbons (Fsp3) is 0.421. The molecule has 4 rings (SSSR count). The van der Waals surface area contributed by atoms with Crippen LogP contribution in [0.25, 0.3) is 21.3 Å². The maximum Gasteiger partial charge on any atom is 0.321 e. The zero-order chi connectivity index (χ0) is 19.3. The molecule has 0 spiro atoms. The SMILES string of the molecule is CCNC(=O)Nc1nc2cc(-c3cnn(CCN4CCOCC4)c3)ccc2s1. The molecule has 9 heteroatoms. The highest BCUT2D eigenvalue weighted by Gasteiger charge is 2.12. The van der Waals surface area contributed by atoms with Crippen LogP contribution in [0.1, 0.15) is 6.92 Å². The molecule has 1 aromatic carbocycles. The smallest absolute Gasteiger partial charge is 0.321 e. The lowest BCUT2D eigenvalue weighted by atomic mass is 10.1. The molecule has 3 aromatic rings. The molecule has 8 nitrogen and oxygen atoms in total. The van der Waals surface area contributed by atoms with Crippen molar-refractivity contribution in [2.24, 2.45) is 0 Å². The summed E-state index contributed by atoms with van der Waals surface area (Å²) in [6.07, 6.45) is 3.96. The molecule has 0 bridgehead atoms. The van der Waals surface area contributed by atoms with Gasteiger partial charge in [-0.1, -0.05) is 17.4 Å². The van der Waals surface area contributed by atoms with Gasteiger partial charge in [0, 0.05) is 37.9 Å². The molecule has 1 aliphatic heterocycles. The number of fused-ring (bicyclic) bond motifs is 1. The van der Waals surface area contributed by atoms with Crippen molar-refractivity contribution in [2.75, 3.05) is 44.7 Å². The molecule has 0 unspecified atom stereocenters. The Bertz CT molecular complexity index is 947. The van der Waals surface area contributed by atoms with Gasteiger partial charge in [0.15, 0.2) is 5.13 Å². The lowest BCUT2D eigenvalue weighted by molar-refractivity contribution is 0.0360. The Hall–Kier alpha value is -2.49. The first-order valence-electron chi connectivity index (χ1n) is 9.49. The highest BCUT2D eigenvalue weighted by Crippen LogP contribution is 2.30. The van der Waals surface area contributed by atoms with Crippen LogP contribution in [0.3, 0.4) is 0 Å². The van der Waals surface area contributed by atoms with E-state index >= 15 is 0 Å². The van der Waals surface area contributed by atoms with E-state index in [2.05, 4.69) is 37.9 Å². The number of morpholine rings is 1. The quantitative estimate of drug-likeness (QED) is 0.665. The summed E-state index contributed by atoms with van der Waals surface area (Å²) in [7, 11) is 0. The van der Waals surface area contributed by atoms with Gasteiger partial charge in [-0.25, -0.2) is 9.78 Å². The first kappa shape index (κ1) is 18.9. The average molecular weight is 401 g/mol. The standard InChI is InChI=1S/C19H24N6O2S/c1-2-20-18(26)23-19-22-16-11-14(3-4-17(16)28-19)15-12-21-25(13-15)6-5-24-7-9-27-10-8-24/h3-4,11-13H,2,5-10H2,1H3,(H2,20,22,23,26). The van der Waals surface area contributed by atoms with Gasteiger partial charge in [0.2, 0.25) is 0 Å². The van der Waals surface area contributed by atoms with Crippen LogP contribution < -0.4 is 10.6 Å². The van der Waals surface area contributed by atoms with Gasteiger partial charge in [-0.05, 0) is 24.6 Å². The number of amides is 2. The summed E-state index contributed by atoms with van der Waals surface area (Å²) < 4.78 is 8.41. The van der Waals surface area contributed by atoms with E-state index in [0.717, 1.165) is 60.7 Å². The molecule has 0 radical (unpaired) electrons. The molecule has 148 valence electrons. The van der Waals surface area contributed by atoms with Crippen molar-refractivity contribution in [3.05, 3.63) is 30.6 Å². The molecule has 2 amide bonds. The minimum absolute atomic E-state index is 0.233. The summed E-state index contributed by atoms with van der Waals surface area (Å²) >= 11 is 1.46. The Morgan fingerprint density at radius 2 is 2.11 bits per heavy atom. The number of carbonyl (C=O) groups is 1. The van der Waals surface area contributed by atoms with Crippen LogP contribution in [0.5, 0.6) is 0 Å². The van der Waals surface area contributed by atoms with Gasteiger partial charge in [0.1, 0.15) is 0 Å². The number of ether oxygens (including phenoxy) is 1. The number of benzene rings is 1. The highest BCUT2D eigenvalue weighted by molar-refractivity contribution is 7.22. The summed E-state index contributed by atoms with van der Waals surface area (Å²) in [6, 6.07) is 5.91. The summed E-state index contributed by atoms with van der Waals surface area (Å²) in [5.41, 5.74) is 3.01. The average Bonchev–Trinajstić information content (AvgIpc) is 3.33. The molecule has 0 saturated carbocycles. The van der Waals surface area contributed by atoms with E-state index in [0.29, 0.717) is 11.7 Å². The summed E-state index contributed by atoms with van der Waals surface area (Å²) in [5.74, 6) is 0. The molecule has 1 saturated heterocycles. The Morgan fingerprint density at radius 1 is 1.25 bits per heavy atom. The van der Waals surface area contributed by atoms with Crippen LogP contribution in [0.4, 0.5) is 9.93 Å². The van der Waals surface area contributed by atoms with Crippen LogP contribution in [-0.2, 0) is 11.3 Å². The second-order valence-electron chi connectivity index (χ2n) is 6.63. The second-order valence-corrected chi connectivity index (χ2v) is 7.66. The van der Waals surface area contributed by atoms with E-state index in [-0.39, 0.29) is 6.03 Å². The number of hydrogen-bond acceptors (Lipinski definition) is 6. The number of hydrogen-bond donors (Lipinski definition) is 2. The molecular weight excluding hydrogens is 376 g/mol. The van der Waals surface area contributed by atoms with Gasteiger partial charge >= 0.3 is 6.03 Å². The normalized spacial score (nSPS) is 15.0. The molecule has 1 aliphatic rings. The van der Waals surface area contributed by atoms with Crippen LogP contribution in [0, 0.1) is 0 Å². The van der Waals surface area contributed by atoms with Crippen molar-refractivity contribution < 1.29 is 9.53 Å². The number of thiazole rings is 1. The van der Waals surface area contributed by atoms with Crippen LogP contribution in [-0.4, -0.2) is 65.1 Å². The fourth-order valence-corrected chi connectivity index (χ4v) is 4.01. The Kier molecular flexibility index (Phi) is 5.84. The largest absolute Gasteiger partial charge is 0.379 e. The first-order chi connectivity index (χ1) is 13.7. The number of anilines is 1. The Balaban J connectivity index is 1.43. The molecule has 3 heterocycles. The monoisotopic (exact) mass is 400 g/mol. The van der Waals surface area contributed by atoms with E-state index in [9.17, 15) is 4.79 Å². The van der Waals surface area contributed by atoms with Crippen molar-refractivity contribution in [1.29, 1.82) is 0 Å². The lowest BCUT2D eigenvalue weighted by Gasteiger charge is -2.26. The van der Waals surface area contributed by atoms with Crippen LogP contribution in [0.15, 0.2) is 30.6 Å². The summed E-state index contributed by atoms with van der Waals surface area (Å²) in [5, 5.41) is 10.6. The molecular formula is C19H24N6O2S. The predicted molar refractivity (Wildman–Crippen MR) is 111 cm³/mol. The topological polar surface area (TPSA) is 84.3 Å². The number of carbonyl (C=O) groups excluding carboxylic acids is 1. The van der Waals surface area contributed by atoms with Crippen LogP contribution in [0.2, 0.25) is 0 Å². The molecule has 1 fully saturated rings. The van der Waals surface area contributed by atoms with Gasteiger partial charge in [0.25, 0.3) is 0 Å². The van der Waals surface area contributed by atoms with Crippen molar-refractivity contribution in [3.63, 3.8) is 0 Å². The van der Waals surface area contributed by atoms with Crippen molar-refractivity contribution in [2.45, 2.75) is 13.5 Å². The van der Waals surface area contributed by atoms with Crippen molar-refractivity contribution in [3.8, 4) is 11.1 Å². The van der Waals surface area contributed by atoms with Crippen molar-refractivity contribution >= 4 is 32.7 Å². The third-order valence-corrected chi connectivity index (χ3v) is 5.61. The molecule has 2 aromatic heterocycles. The third kappa shape index (κ3) is 4.49. The molecule has 0 aliphatic carbocycles. The number of urea groups is 1. The second kappa shape index (κ2) is 8.68. The zero-order valence-electron chi connectivity index (χ0n) is 15.9. The number of nitrogens with zero attached hydrogens (tertiary/aromatic N) is 4. The van der Waals surface area contributed by atoms with E-state index in [1.165, 1.54) is 11.3 Å². The van der Waals surface area contributed by atoms with E-state index < -0.39 is 0 Å². The van der Waals surface area contributed by atoms with Gasteiger partial charge < -0.3 is 10.1 Å². The van der Waals surface area contributed by atoms with Gasteiger partial charge in [0.05, 0.1) is 36.2 Å². The Morgan fingerprint density at radius 3 is 2.93 bits per heavy atom. The number of rotatable bonds is 6. The van der Waals surface area contributed by atoms with E-state index in [1.54, 1.807) is 0 Å². The Labute approximate surface area is 167 Å². The molecule has 2 N–H and O–H groups in total. The van der Waals surface area contributed by atoms with E-state index in [4.69, 9.17) is 4.74 Å². The minimum Gasteiger partial charge on any atom is -0.379 e. The number of aromatic nitrogens is 3. The van der Waals surface area contributed by atoms with Crippen LogP contribution >= 0.6 is 11.3 Å². The summed E-state index contributed by atoms with van der Waals surface area (Å²) in [4.78, 5) is 18.6. The van der Waals surface area contributed by atoms with Gasteiger partial charge in [-0.3, -0.25) is 14.9 Å². The molecule has 28 heavy (non-hydrogen) atoms. The third-order valence-electron chi connectivity index (χ3n) is 4.66. The van der Waals surface area contributed by atoms with Gasteiger partial charge in [-0.15, -0.1) is 0 Å². The lowest BCUT2D eigenvalue weighted by Crippen LogP contribution is -2.38. The molecule has 0 atom stereocenters. The highest BCUT2D eigenvalue weighted by atomic mass is 32.1. The predicted octanol–water partition coefficient (Wildman–Crippen LogP) is 2.63. The van der Waals surface area contributed by atoms with Crippen molar-refractivity contribution in [1.82, 2.24) is 25.0 Å². The summed E-state index contributed by atoms with van der Waals surface area (Å²) in [6.45, 7) is 7.90. The van der Waals surface area contributed by atoms with Gasteiger partial charge in [-0.2, -0.15) is 5.10 Å². The fourth-order valence-electron chi connectivity index (χ4n) is 3.17. The minimum atomic E-state index is -0.233. The van der Waals surface area contributed by atoms with E-state index in [1.807, 2.05) is 29.9 Å².